The Morgan fingerprint density at radius 3 is 2.50 bits per heavy atom. The van der Waals surface area contributed by atoms with E-state index >= 15 is 0 Å². The van der Waals surface area contributed by atoms with E-state index in [2.05, 4.69) is 39.3 Å². The molecule has 2 N–H and O–H groups in total. The van der Waals surface area contributed by atoms with E-state index in [0.717, 1.165) is 37.7 Å². The van der Waals surface area contributed by atoms with Crippen LogP contribution in [0.3, 0.4) is 0 Å². The number of hydrogen-bond donors (Lipinski definition) is 2. The summed E-state index contributed by atoms with van der Waals surface area (Å²) in [5, 5.41) is 7.19. The van der Waals surface area contributed by atoms with Gasteiger partial charge in [-0.25, -0.2) is 4.98 Å². The van der Waals surface area contributed by atoms with Crippen molar-refractivity contribution in [1.82, 2.24) is 14.9 Å². The summed E-state index contributed by atoms with van der Waals surface area (Å²) in [6.07, 6.45) is 1.74. The molecule has 0 saturated heterocycles. The largest absolute Gasteiger partial charge is 0.369 e. The Balaban J connectivity index is 1.90. The first kappa shape index (κ1) is 16.5. The molecule has 1 aromatic heterocycles. The zero-order chi connectivity index (χ0) is 15.8. The lowest BCUT2D eigenvalue weighted by atomic mass is 10.3. The van der Waals surface area contributed by atoms with Crippen LogP contribution in [0.25, 0.3) is 0 Å². The second-order valence-electron chi connectivity index (χ2n) is 4.85. The molecule has 0 aliphatic rings. The summed E-state index contributed by atoms with van der Waals surface area (Å²) in [5.41, 5.74) is 0.907. The van der Waals surface area contributed by atoms with Crippen molar-refractivity contribution in [3.63, 3.8) is 0 Å². The van der Waals surface area contributed by atoms with Crippen molar-refractivity contribution < 1.29 is 0 Å². The molecule has 0 fully saturated rings. The summed E-state index contributed by atoms with van der Waals surface area (Å²) in [6, 6.07) is 9.32. The van der Waals surface area contributed by atoms with Crippen LogP contribution in [0.5, 0.6) is 0 Å². The van der Waals surface area contributed by atoms with Crippen molar-refractivity contribution in [3.8, 4) is 0 Å². The summed E-state index contributed by atoms with van der Waals surface area (Å²) in [6.45, 7) is 8.32. The lowest BCUT2D eigenvalue weighted by Crippen LogP contribution is -2.28. The smallest absolute Gasteiger partial charge is 0.229 e. The van der Waals surface area contributed by atoms with Gasteiger partial charge >= 0.3 is 0 Å². The molecular formula is C16H22ClN5. The Kier molecular flexibility index (Phi) is 6.43. The van der Waals surface area contributed by atoms with E-state index in [1.54, 1.807) is 6.20 Å². The third-order valence-corrected chi connectivity index (χ3v) is 3.64. The molecule has 0 amide bonds. The van der Waals surface area contributed by atoms with Gasteiger partial charge in [-0.3, -0.25) is 0 Å². The molecule has 0 atom stereocenters. The van der Waals surface area contributed by atoms with E-state index in [1.165, 1.54) is 0 Å². The van der Waals surface area contributed by atoms with Crippen LogP contribution in [0.15, 0.2) is 36.5 Å². The van der Waals surface area contributed by atoms with Gasteiger partial charge in [-0.15, -0.1) is 0 Å². The maximum Gasteiger partial charge on any atom is 0.229 e. The van der Waals surface area contributed by atoms with Gasteiger partial charge in [0.2, 0.25) is 5.95 Å². The summed E-state index contributed by atoms with van der Waals surface area (Å²) in [7, 11) is 0. The van der Waals surface area contributed by atoms with Gasteiger partial charge in [0.05, 0.1) is 0 Å². The van der Waals surface area contributed by atoms with Gasteiger partial charge in [0.1, 0.15) is 5.82 Å². The highest BCUT2D eigenvalue weighted by Crippen LogP contribution is 2.17. The van der Waals surface area contributed by atoms with Crippen molar-refractivity contribution in [3.05, 3.63) is 41.6 Å². The third-order valence-electron chi connectivity index (χ3n) is 3.38. The Morgan fingerprint density at radius 2 is 1.82 bits per heavy atom. The molecule has 0 spiro atoms. The molecule has 0 saturated carbocycles. The molecular weight excluding hydrogens is 298 g/mol. The minimum Gasteiger partial charge on any atom is -0.369 e. The average molecular weight is 320 g/mol. The predicted octanol–water partition coefficient (Wildman–Crippen LogP) is 3.63. The minimum atomic E-state index is 0.565. The van der Waals surface area contributed by atoms with Gasteiger partial charge in [0.25, 0.3) is 0 Å². The fourth-order valence-electron chi connectivity index (χ4n) is 2.06. The van der Waals surface area contributed by atoms with E-state index < -0.39 is 0 Å². The quantitative estimate of drug-likeness (QED) is 0.778. The maximum absolute atomic E-state index is 5.87. The van der Waals surface area contributed by atoms with Gasteiger partial charge in [-0.05, 0) is 43.4 Å². The number of halogens is 1. The van der Waals surface area contributed by atoms with Crippen molar-refractivity contribution >= 4 is 29.1 Å². The molecule has 1 aromatic carbocycles. The number of nitrogens with one attached hydrogen (secondary N) is 2. The number of hydrogen-bond acceptors (Lipinski definition) is 5. The lowest BCUT2D eigenvalue weighted by Gasteiger charge is -2.18. The van der Waals surface area contributed by atoms with Crippen LogP contribution in [0.1, 0.15) is 13.8 Å². The number of likely N-dealkylation sites (N-methyl/N-ethyl adjacent to an activating group) is 1. The molecule has 1 heterocycles. The predicted molar refractivity (Wildman–Crippen MR) is 93.0 cm³/mol. The van der Waals surface area contributed by atoms with E-state index in [9.17, 15) is 0 Å². The zero-order valence-corrected chi connectivity index (χ0v) is 13.8. The third kappa shape index (κ3) is 5.16. The number of rotatable bonds is 8. The minimum absolute atomic E-state index is 0.565. The SMILES string of the molecule is CCN(CC)CCNc1ccnc(Nc2ccc(Cl)cc2)n1. The Morgan fingerprint density at radius 1 is 1.09 bits per heavy atom. The van der Waals surface area contributed by atoms with Gasteiger partial charge in [0, 0.05) is 30.0 Å². The van der Waals surface area contributed by atoms with Crippen molar-refractivity contribution in [2.24, 2.45) is 0 Å². The zero-order valence-electron chi connectivity index (χ0n) is 13.0. The van der Waals surface area contributed by atoms with Gasteiger partial charge < -0.3 is 15.5 Å². The molecule has 0 unspecified atom stereocenters. The number of benzene rings is 1. The van der Waals surface area contributed by atoms with Crippen LogP contribution in [0.4, 0.5) is 17.5 Å². The molecule has 2 rings (SSSR count). The first-order valence-electron chi connectivity index (χ1n) is 7.53. The lowest BCUT2D eigenvalue weighted by molar-refractivity contribution is 0.316. The molecule has 0 aliphatic heterocycles. The average Bonchev–Trinajstić information content (AvgIpc) is 2.54. The van der Waals surface area contributed by atoms with Gasteiger partial charge in [-0.1, -0.05) is 25.4 Å². The molecule has 0 radical (unpaired) electrons. The summed E-state index contributed by atoms with van der Waals surface area (Å²) in [5.74, 6) is 1.38. The van der Waals surface area contributed by atoms with Crippen LogP contribution in [-0.4, -0.2) is 41.0 Å². The Labute approximate surface area is 136 Å². The number of aromatic nitrogens is 2. The summed E-state index contributed by atoms with van der Waals surface area (Å²) < 4.78 is 0. The van der Waals surface area contributed by atoms with E-state index in [1.807, 2.05) is 30.3 Å². The highest BCUT2D eigenvalue weighted by molar-refractivity contribution is 6.30. The molecule has 118 valence electrons. The Bertz CT molecular complexity index is 569. The maximum atomic E-state index is 5.87. The van der Waals surface area contributed by atoms with E-state index in [4.69, 9.17) is 11.6 Å². The molecule has 6 heteroatoms. The Hall–Kier alpha value is -1.85. The monoisotopic (exact) mass is 319 g/mol. The van der Waals surface area contributed by atoms with Crippen molar-refractivity contribution in [2.45, 2.75) is 13.8 Å². The standard InChI is InChI=1S/C16H22ClN5/c1-3-22(4-2)12-11-18-15-9-10-19-16(21-15)20-14-7-5-13(17)6-8-14/h5-10H,3-4,11-12H2,1-2H3,(H2,18,19,20,21). The topological polar surface area (TPSA) is 53.1 Å². The number of anilines is 3. The molecule has 0 bridgehead atoms. The van der Waals surface area contributed by atoms with Crippen LogP contribution in [0, 0.1) is 0 Å². The first-order valence-corrected chi connectivity index (χ1v) is 7.91. The summed E-state index contributed by atoms with van der Waals surface area (Å²) in [4.78, 5) is 11.0. The van der Waals surface area contributed by atoms with Crippen molar-refractivity contribution in [1.29, 1.82) is 0 Å². The summed E-state index contributed by atoms with van der Waals surface area (Å²) >= 11 is 5.87. The van der Waals surface area contributed by atoms with E-state index in [-0.39, 0.29) is 0 Å². The molecule has 5 nitrogen and oxygen atoms in total. The molecule has 2 aromatic rings. The highest BCUT2D eigenvalue weighted by Gasteiger charge is 2.02. The fourth-order valence-corrected chi connectivity index (χ4v) is 2.19. The normalized spacial score (nSPS) is 10.7. The fraction of sp³-hybridized carbons (Fsp3) is 0.375. The van der Waals surface area contributed by atoms with Crippen LogP contribution in [-0.2, 0) is 0 Å². The highest BCUT2D eigenvalue weighted by atomic mass is 35.5. The van der Waals surface area contributed by atoms with Crippen molar-refractivity contribution in [2.75, 3.05) is 36.8 Å². The van der Waals surface area contributed by atoms with Gasteiger partial charge in [-0.2, -0.15) is 4.98 Å². The second kappa shape index (κ2) is 8.56. The number of nitrogens with zero attached hydrogens (tertiary/aromatic N) is 3. The molecule has 22 heavy (non-hydrogen) atoms. The van der Waals surface area contributed by atoms with Crippen LogP contribution < -0.4 is 10.6 Å². The first-order chi connectivity index (χ1) is 10.7. The van der Waals surface area contributed by atoms with Gasteiger partial charge in [0.15, 0.2) is 0 Å². The van der Waals surface area contributed by atoms with Crippen LogP contribution in [0.2, 0.25) is 5.02 Å². The second-order valence-corrected chi connectivity index (χ2v) is 5.29. The van der Waals surface area contributed by atoms with Crippen LogP contribution >= 0.6 is 11.6 Å². The van der Waals surface area contributed by atoms with E-state index in [0.29, 0.717) is 11.0 Å². The molecule has 0 aliphatic carbocycles.